The quantitative estimate of drug-likeness (QED) is 0.534. The van der Waals surface area contributed by atoms with Crippen molar-refractivity contribution in [3.63, 3.8) is 0 Å². The molecule has 21 heavy (non-hydrogen) atoms. The van der Waals surface area contributed by atoms with Crippen LogP contribution in [0, 0.1) is 0 Å². The standard InChI is InChI=1S/C15H30N2O4/c1-6-16(7-2)10-14(18)20-12-13(5)21-15(19)11-17(8-3)9-4/h13H,6-12H2,1-5H3. The lowest BCUT2D eigenvalue weighted by molar-refractivity contribution is -0.159. The predicted octanol–water partition coefficient (Wildman–Crippen LogP) is 1.14. The summed E-state index contributed by atoms with van der Waals surface area (Å²) in [7, 11) is 0. The predicted molar refractivity (Wildman–Crippen MR) is 82.1 cm³/mol. The molecule has 124 valence electrons. The molecule has 0 fully saturated rings. The number of rotatable bonds is 11. The summed E-state index contributed by atoms with van der Waals surface area (Å²) in [6, 6.07) is 0. The fourth-order valence-corrected chi connectivity index (χ4v) is 1.81. The summed E-state index contributed by atoms with van der Waals surface area (Å²) in [4.78, 5) is 27.2. The molecular weight excluding hydrogens is 272 g/mol. The molecular formula is C15H30N2O4. The Kier molecular flexibility index (Phi) is 10.9. The minimum atomic E-state index is -0.422. The second-order valence-corrected chi connectivity index (χ2v) is 4.91. The van der Waals surface area contributed by atoms with Gasteiger partial charge >= 0.3 is 11.9 Å². The average molecular weight is 302 g/mol. The van der Waals surface area contributed by atoms with Gasteiger partial charge in [-0.1, -0.05) is 27.7 Å². The van der Waals surface area contributed by atoms with Gasteiger partial charge in [0.1, 0.15) is 12.7 Å². The number of carbonyl (C=O) groups excluding carboxylic acids is 2. The Morgan fingerprint density at radius 2 is 1.29 bits per heavy atom. The van der Waals surface area contributed by atoms with Gasteiger partial charge < -0.3 is 9.47 Å². The zero-order valence-electron chi connectivity index (χ0n) is 14.1. The van der Waals surface area contributed by atoms with E-state index < -0.39 is 6.10 Å². The highest BCUT2D eigenvalue weighted by molar-refractivity contribution is 5.72. The molecule has 0 spiro atoms. The third-order valence-electron chi connectivity index (χ3n) is 3.31. The van der Waals surface area contributed by atoms with Crippen molar-refractivity contribution in [2.45, 2.75) is 40.7 Å². The third kappa shape index (κ3) is 9.42. The van der Waals surface area contributed by atoms with E-state index in [1.807, 2.05) is 37.5 Å². The Labute approximate surface area is 128 Å². The number of likely N-dealkylation sites (N-methyl/N-ethyl adjacent to an activating group) is 2. The second kappa shape index (κ2) is 11.5. The molecule has 0 N–H and O–H groups in total. The van der Waals surface area contributed by atoms with Crippen molar-refractivity contribution in [1.29, 1.82) is 0 Å². The van der Waals surface area contributed by atoms with Crippen molar-refractivity contribution in [3.05, 3.63) is 0 Å². The van der Waals surface area contributed by atoms with E-state index >= 15 is 0 Å². The van der Waals surface area contributed by atoms with Gasteiger partial charge in [0, 0.05) is 0 Å². The maximum Gasteiger partial charge on any atom is 0.320 e. The summed E-state index contributed by atoms with van der Waals surface area (Å²) in [6.45, 7) is 13.6. The minimum absolute atomic E-state index is 0.101. The summed E-state index contributed by atoms with van der Waals surface area (Å²) in [5, 5.41) is 0. The minimum Gasteiger partial charge on any atom is -0.461 e. The molecule has 6 nitrogen and oxygen atoms in total. The van der Waals surface area contributed by atoms with Crippen LogP contribution in [-0.2, 0) is 19.1 Å². The lowest BCUT2D eigenvalue weighted by atomic mass is 10.4. The SMILES string of the molecule is CCN(CC)CC(=O)OCC(C)OC(=O)CN(CC)CC. The van der Waals surface area contributed by atoms with Crippen molar-refractivity contribution in [3.8, 4) is 0 Å². The van der Waals surface area contributed by atoms with Crippen LogP contribution in [0.15, 0.2) is 0 Å². The maximum absolute atomic E-state index is 11.7. The molecule has 6 heteroatoms. The Hall–Kier alpha value is -1.14. The first-order valence-electron chi connectivity index (χ1n) is 7.76. The molecule has 0 aromatic heterocycles. The Morgan fingerprint density at radius 3 is 1.71 bits per heavy atom. The Bertz CT molecular complexity index is 302. The zero-order valence-corrected chi connectivity index (χ0v) is 14.1. The van der Waals surface area contributed by atoms with Crippen molar-refractivity contribution >= 4 is 11.9 Å². The lowest BCUT2D eigenvalue weighted by Gasteiger charge is -2.20. The first-order valence-corrected chi connectivity index (χ1v) is 7.76. The van der Waals surface area contributed by atoms with Crippen molar-refractivity contribution in [2.75, 3.05) is 45.9 Å². The Balaban J connectivity index is 3.96. The first kappa shape index (κ1) is 19.9. The summed E-state index contributed by atoms with van der Waals surface area (Å²) in [5.41, 5.74) is 0. The van der Waals surface area contributed by atoms with Gasteiger partial charge in [-0.3, -0.25) is 19.4 Å². The number of hydrogen-bond donors (Lipinski definition) is 0. The number of nitrogens with zero attached hydrogens (tertiary/aromatic N) is 2. The number of hydrogen-bond acceptors (Lipinski definition) is 6. The van der Waals surface area contributed by atoms with E-state index in [0.29, 0.717) is 0 Å². The van der Waals surface area contributed by atoms with Gasteiger partial charge in [0.25, 0.3) is 0 Å². The van der Waals surface area contributed by atoms with E-state index in [4.69, 9.17) is 9.47 Å². The molecule has 0 aromatic carbocycles. The van der Waals surface area contributed by atoms with Gasteiger partial charge in [0.15, 0.2) is 0 Å². The van der Waals surface area contributed by atoms with Crippen LogP contribution in [0.4, 0.5) is 0 Å². The van der Waals surface area contributed by atoms with Crippen LogP contribution in [0.3, 0.4) is 0 Å². The molecule has 0 aromatic rings. The highest BCUT2D eigenvalue weighted by Gasteiger charge is 2.15. The maximum atomic E-state index is 11.7. The molecule has 0 radical (unpaired) electrons. The second-order valence-electron chi connectivity index (χ2n) is 4.91. The summed E-state index contributed by atoms with van der Waals surface area (Å²) in [6.07, 6.45) is -0.422. The van der Waals surface area contributed by atoms with Gasteiger partial charge in [-0.05, 0) is 33.1 Å². The molecule has 0 saturated heterocycles. The highest BCUT2D eigenvalue weighted by atomic mass is 16.6. The van der Waals surface area contributed by atoms with Gasteiger partial charge in [-0.2, -0.15) is 0 Å². The fraction of sp³-hybridized carbons (Fsp3) is 0.867. The van der Waals surface area contributed by atoms with Crippen LogP contribution in [0.5, 0.6) is 0 Å². The van der Waals surface area contributed by atoms with Gasteiger partial charge in [-0.25, -0.2) is 0 Å². The molecule has 0 saturated carbocycles. The smallest absolute Gasteiger partial charge is 0.320 e. The number of ether oxygens (including phenoxy) is 2. The van der Waals surface area contributed by atoms with E-state index in [2.05, 4.69) is 0 Å². The van der Waals surface area contributed by atoms with E-state index in [0.717, 1.165) is 26.2 Å². The molecule has 0 aliphatic carbocycles. The zero-order chi connectivity index (χ0) is 16.3. The van der Waals surface area contributed by atoms with Gasteiger partial charge in [0.05, 0.1) is 13.1 Å². The number of esters is 2. The highest BCUT2D eigenvalue weighted by Crippen LogP contribution is 1.97. The molecule has 0 heterocycles. The molecule has 0 amide bonds. The topological polar surface area (TPSA) is 59.1 Å². The van der Waals surface area contributed by atoms with E-state index in [1.165, 1.54) is 0 Å². The monoisotopic (exact) mass is 302 g/mol. The number of carbonyl (C=O) groups is 2. The van der Waals surface area contributed by atoms with Crippen molar-refractivity contribution < 1.29 is 19.1 Å². The molecule has 0 bridgehead atoms. The van der Waals surface area contributed by atoms with Crippen molar-refractivity contribution in [1.82, 2.24) is 9.80 Å². The average Bonchev–Trinajstić information content (AvgIpc) is 2.48. The molecule has 1 unspecified atom stereocenters. The van der Waals surface area contributed by atoms with Crippen LogP contribution in [-0.4, -0.2) is 73.7 Å². The van der Waals surface area contributed by atoms with E-state index in [9.17, 15) is 9.59 Å². The fourth-order valence-electron chi connectivity index (χ4n) is 1.81. The van der Waals surface area contributed by atoms with E-state index in [-0.39, 0.29) is 31.6 Å². The third-order valence-corrected chi connectivity index (χ3v) is 3.31. The molecule has 0 aliphatic rings. The van der Waals surface area contributed by atoms with Crippen LogP contribution < -0.4 is 0 Å². The largest absolute Gasteiger partial charge is 0.461 e. The van der Waals surface area contributed by atoms with Gasteiger partial charge in [0.2, 0.25) is 0 Å². The van der Waals surface area contributed by atoms with Crippen LogP contribution in [0.2, 0.25) is 0 Å². The van der Waals surface area contributed by atoms with Gasteiger partial charge in [-0.15, -0.1) is 0 Å². The summed E-state index contributed by atoms with van der Waals surface area (Å²) < 4.78 is 10.3. The summed E-state index contributed by atoms with van der Waals surface area (Å²) in [5.74, 6) is -0.573. The summed E-state index contributed by atoms with van der Waals surface area (Å²) >= 11 is 0. The lowest BCUT2D eigenvalue weighted by Crippen LogP contribution is -2.34. The van der Waals surface area contributed by atoms with Crippen molar-refractivity contribution in [2.24, 2.45) is 0 Å². The van der Waals surface area contributed by atoms with E-state index in [1.54, 1.807) is 6.92 Å². The first-order chi connectivity index (χ1) is 9.96. The Morgan fingerprint density at radius 1 is 0.857 bits per heavy atom. The molecule has 1 atom stereocenters. The molecule has 0 aliphatic heterocycles. The normalized spacial score (nSPS) is 12.5. The molecule has 0 rings (SSSR count). The van der Waals surface area contributed by atoms with Crippen LogP contribution in [0.1, 0.15) is 34.6 Å². The van der Waals surface area contributed by atoms with Crippen LogP contribution in [0.25, 0.3) is 0 Å². The van der Waals surface area contributed by atoms with Crippen LogP contribution >= 0.6 is 0 Å².